The van der Waals surface area contributed by atoms with Crippen molar-refractivity contribution in [3.05, 3.63) is 35.9 Å². The molecule has 0 radical (unpaired) electrons. The van der Waals surface area contributed by atoms with E-state index in [9.17, 15) is 14.7 Å². The number of hydrogen-bond acceptors (Lipinski definition) is 2. The first kappa shape index (κ1) is 15.8. The number of piperidine rings is 1. The minimum Gasteiger partial charge on any atom is -0.465 e. The van der Waals surface area contributed by atoms with E-state index in [1.54, 1.807) is 0 Å². The van der Waals surface area contributed by atoms with Gasteiger partial charge >= 0.3 is 6.09 Å². The zero-order valence-electron chi connectivity index (χ0n) is 13.5. The lowest BCUT2D eigenvalue weighted by molar-refractivity contribution is -0.127. The Balaban J connectivity index is 1.71. The van der Waals surface area contributed by atoms with Gasteiger partial charge in [-0.25, -0.2) is 4.79 Å². The van der Waals surface area contributed by atoms with Crippen molar-refractivity contribution in [1.29, 1.82) is 0 Å². The molecule has 2 atom stereocenters. The number of carbonyl (C=O) groups is 2. The summed E-state index contributed by atoms with van der Waals surface area (Å²) in [5.74, 6) is -0.212. The van der Waals surface area contributed by atoms with Crippen molar-refractivity contribution in [2.45, 2.75) is 50.6 Å². The van der Waals surface area contributed by atoms with Gasteiger partial charge in [-0.2, -0.15) is 0 Å². The number of carboxylic acid groups (broad SMARTS) is 1. The molecule has 1 heterocycles. The third-order valence-corrected chi connectivity index (χ3v) is 5.04. The zero-order valence-corrected chi connectivity index (χ0v) is 13.5. The molecule has 3 rings (SSSR count). The predicted molar refractivity (Wildman–Crippen MR) is 87.2 cm³/mol. The minimum atomic E-state index is -0.938. The maximum absolute atomic E-state index is 12.3. The van der Waals surface area contributed by atoms with Gasteiger partial charge in [-0.3, -0.25) is 4.79 Å². The molecule has 2 N–H and O–H groups in total. The third-order valence-electron chi connectivity index (χ3n) is 5.04. The van der Waals surface area contributed by atoms with Gasteiger partial charge in [0, 0.05) is 18.1 Å². The van der Waals surface area contributed by atoms with Gasteiger partial charge in [-0.1, -0.05) is 30.3 Å². The van der Waals surface area contributed by atoms with E-state index in [0.717, 1.165) is 24.8 Å². The number of nitrogens with one attached hydrogen (secondary N) is 1. The van der Waals surface area contributed by atoms with Gasteiger partial charge in [0.05, 0.1) is 5.92 Å². The van der Waals surface area contributed by atoms with E-state index in [0.29, 0.717) is 18.9 Å². The Morgan fingerprint density at radius 2 is 1.96 bits per heavy atom. The molecule has 1 aromatic rings. The molecule has 0 aromatic heterocycles. The molecule has 1 aliphatic carbocycles. The number of benzene rings is 1. The maximum atomic E-state index is 12.3. The quantitative estimate of drug-likeness (QED) is 0.897. The molecule has 23 heavy (non-hydrogen) atoms. The Morgan fingerprint density at radius 3 is 2.57 bits per heavy atom. The standard InChI is InChI=1S/C18H24N2O3/c1-18(11-13-5-3-2-4-6-13)10-9-14(12-20(18)17(22)23)16(21)19-15-7-8-15/h2-6,14-15H,7-12H2,1H3,(H,19,21)(H,22,23)/t14?,18-/m0/s1. The lowest BCUT2D eigenvalue weighted by Gasteiger charge is -2.46. The van der Waals surface area contributed by atoms with Crippen LogP contribution in [-0.4, -0.2) is 40.1 Å². The van der Waals surface area contributed by atoms with Gasteiger partial charge in [0.15, 0.2) is 0 Å². The Hall–Kier alpha value is -2.04. The van der Waals surface area contributed by atoms with Crippen molar-refractivity contribution in [1.82, 2.24) is 10.2 Å². The topological polar surface area (TPSA) is 69.6 Å². The first-order valence-electron chi connectivity index (χ1n) is 8.33. The second-order valence-electron chi connectivity index (χ2n) is 7.07. The summed E-state index contributed by atoms with van der Waals surface area (Å²) < 4.78 is 0. The molecule has 0 bridgehead atoms. The van der Waals surface area contributed by atoms with Gasteiger partial charge in [0.25, 0.3) is 0 Å². The fourth-order valence-electron chi connectivity index (χ4n) is 3.44. The van der Waals surface area contributed by atoms with Gasteiger partial charge in [0.2, 0.25) is 5.91 Å². The first-order chi connectivity index (χ1) is 11.0. The van der Waals surface area contributed by atoms with E-state index in [1.165, 1.54) is 4.90 Å². The average molecular weight is 316 g/mol. The van der Waals surface area contributed by atoms with Crippen molar-refractivity contribution in [3.63, 3.8) is 0 Å². The molecule has 2 amide bonds. The van der Waals surface area contributed by atoms with E-state index in [1.807, 2.05) is 37.3 Å². The normalized spacial score (nSPS) is 27.5. The molecular weight excluding hydrogens is 292 g/mol. The Kier molecular flexibility index (Phi) is 4.28. The SMILES string of the molecule is C[C@@]1(Cc2ccccc2)CCC(C(=O)NC2CC2)CN1C(=O)O. The maximum Gasteiger partial charge on any atom is 0.407 e. The van der Waals surface area contributed by atoms with Crippen molar-refractivity contribution in [3.8, 4) is 0 Å². The fraction of sp³-hybridized carbons (Fsp3) is 0.556. The number of nitrogens with zero attached hydrogens (tertiary/aromatic N) is 1. The van der Waals surface area contributed by atoms with Crippen LogP contribution in [-0.2, 0) is 11.2 Å². The molecule has 5 nitrogen and oxygen atoms in total. The van der Waals surface area contributed by atoms with E-state index in [2.05, 4.69) is 5.32 Å². The van der Waals surface area contributed by atoms with Crippen LogP contribution in [0, 0.1) is 5.92 Å². The molecule has 1 saturated heterocycles. The number of carbonyl (C=O) groups excluding carboxylic acids is 1. The molecule has 0 spiro atoms. The van der Waals surface area contributed by atoms with Crippen LogP contribution in [0.15, 0.2) is 30.3 Å². The molecule has 1 saturated carbocycles. The fourth-order valence-corrected chi connectivity index (χ4v) is 3.44. The summed E-state index contributed by atoms with van der Waals surface area (Å²) in [7, 11) is 0. The summed E-state index contributed by atoms with van der Waals surface area (Å²) in [6.07, 6.45) is 3.28. The number of hydrogen-bond donors (Lipinski definition) is 2. The van der Waals surface area contributed by atoms with Crippen LogP contribution in [0.2, 0.25) is 0 Å². The highest BCUT2D eigenvalue weighted by molar-refractivity contribution is 5.80. The summed E-state index contributed by atoms with van der Waals surface area (Å²) >= 11 is 0. The lowest BCUT2D eigenvalue weighted by Crippen LogP contribution is -2.57. The van der Waals surface area contributed by atoms with Gasteiger partial charge in [-0.05, 0) is 44.6 Å². The van der Waals surface area contributed by atoms with Crippen LogP contribution in [0.4, 0.5) is 4.79 Å². The van der Waals surface area contributed by atoms with Crippen molar-refractivity contribution >= 4 is 12.0 Å². The molecule has 1 unspecified atom stereocenters. The van der Waals surface area contributed by atoms with Gasteiger partial charge in [0.1, 0.15) is 0 Å². The summed E-state index contributed by atoms with van der Waals surface area (Å²) in [4.78, 5) is 25.5. The van der Waals surface area contributed by atoms with Crippen molar-refractivity contribution in [2.75, 3.05) is 6.54 Å². The molecule has 2 aliphatic rings. The lowest BCUT2D eigenvalue weighted by atomic mass is 9.79. The molecule has 2 fully saturated rings. The summed E-state index contributed by atoms with van der Waals surface area (Å²) in [6.45, 7) is 2.28. The summed E-state index contributed by atoms with van der Waals surface area (Å²) in [5, 5.41) is 12.6. The molecule has 1 aliphatic heterocycles. The van der Waals surface area contributed by atoms with Crippen molar-refractivity contribution in [2.24, 2.45) is 5.92 Å². The van der Waals surface area contributed by atoms with Crippen LogP contribution in [0.3, 0.4) is 0 Å². The zero-order chi connectivity index (χ0) is 16.4. The first-order valence-corrected chi connectivity index (χ1v) is 8.33. The highest BCUT2D eigenvalue weighted by Crippen LogP contribution is 2.34. The van der Waals surface area contributed by atoms with Gasteiger partial charge in [-0.15, -0.1) is 0 Å². The highest BCUT2D eigenvalue weighted by Gasteiger charge is 2.43. The largest absolute Gasteiger partial charge is 0.465 e. The summed E-state index contributed by atoms with van der Waals surface area (Å²) in [6, 6.07) is 10.3. The highest BCUT2D eigenvalue weighted by atomic mass is 16.4. The van der Waals surface area contributed by atoms with E-state index < -0.39 is 11.6 Å². The smallest absolute Gasteiger partial charge is 0.407 e. The second-order valence-corrected chi connectivity index (χ2v) is 7.07. The molecule has 1 aromatic carbocycles. The molecule has 124 valence electrons. The second kappa shape index (κ2) is 6.22. The monoisotopic (exact) mass is 316 g/mol. The summed E-state index contributed by atoms with van der Waals surface area (Å²) in [5.41, 5.74) is 0.672. The predicted octanol–water partition coefficient (Wildman–Crippen LogP) is 2.66. The number of rotatable bonds is 4. The van der Waals surface area contributed by atoms with Crippen LogP contribution in [0.1, 0.15) is 38.2 Å². The Morgan fingerprint density at radius 1 is 1.26 bits per heavy atom. The third kappa shape index (κ3) is 3.66. The van der Waals surface area contributed by atoms with E-state index in [4.69, 9.17) is 0 Å². The van der Waals surface area contributed by atoms with E-state index in [-0.39, 0.29) is 18.4 Å². The van der Waals surface area contributed by atoms with E-state index >= 15 is 0 Å². The number of likely N-dealkylation sites (tertiary alicyclic amines) is 1. The molecular formula is C18H24N2O3. The number of amides is 2. The van der Waals surface area contributed by atoms with Crippen LogP contribution < -0.4 is 5.32 Å². The Labute approximate surface area is 136 Å². The minimum absolute atomic E-state index is 0.0144. The molecule has 5 heteroatoms. The van der Waals surface area contributed by atoms with Gasteiger partial charge < -0.3 is 15.3 Å². The van der Waals surface area contributed by atoms with Crippen molar-refractivity contribution < 1.29 is 14.7 Å². The van der Waals surface area contributed by atoms with Crippen LogP contribution >= 0.6 is 0 Å². The van der Waals surface area contributed by atoms with Crippen LogP contribution in [0.5, 0.6) is 0 Å². The average Bonchev–Trinajstić information content (AvgIpc) is 3.32. The Bertz CT molecular complexity index is 585. The van der Waals surface area contributed by atoms with Crippen LogP contribution in [0.25, 0.3) is 0 Å².